The fourth-order valence-corrected chi connectivity index (χ4v) is 2.76. The Morgan fingerprint density at radius 3 is 2.92 bits per heavy atom. The number of imidazole rings is 1. The summed E-state index contributed by atoms with van der Waals surface area (Å²) in [7, 11) is 0. The lowest BCUT2D eigenvalue weighted by atomic mass is 10.2. The fourth-order valence-electron chi connectivity index (χ4n) is 2.57. The van der Waals surface area contributed by atoms with Crippen molar-refractivity contribution in [1.29, 1.82) is 0 Å². The molecule has 0 fully saturated rings. The normalized spacial score (nSPS) is 11.0. The number of aromatic nitrogens is 5. The van der Waals surface area contributed by atoms with E-state index in [2.05, 4.69) is 30.2 Å². The Morgan fingerprint density at radius 2 is 2.08 bits per heavy atom. The van der Waals surface area contributed by atoms with Gasteiger partial charge >= 0.3 is 0 Å². The molecule has 6 nitrogen and oxygen atoms in total. The van der Waals surface area contributed by atoms with Crippen molar-refractivity contribution in [2.45, 2.75) is 6.42 Å². The van der Waals surface area contributed by atoms with E-state index in [1.165, 1.54) is 0 Å². The van der Waals surface area contributed by atoms with Crippen LogP contribution in [-0.2, 0) is 6.42 Å². The molecule has 1 aromatic carbocycles. The van der Waals surface area contributed by atoms with Gasteiger partial charge in [-0.25, -0.2) is 15.0 Å². The lowest BCUT2D eigenvalue weighted by molar-refractivity contribution is 0.969. The van der Waals surface area contributed by atoms with Crippen LogP contribution >= 0.6 is 11.6 Å². The number of halogens is 1. The molecule has 0 unspecified atom stereocenters. The Labute approximate surface area is 143 Å². The molecule has 3 N–H and O–H groups in total. The summed E-state index contributed by atoms with van der Waals surface area (Å²) in [6.45, 7) is 0.745. The Balaban J connectivity index is 1.65. The Bertz CT molecular complexity index is 960. The van der Waals surface area contributed by atoms with E-state index in [-0.39, 0.29) is 0 Å². The predicted molar refractivity (Wildman–Crippen MR) is 95.1 cm³/mol. The number of hydrogen-bond donors (Lipinski definition) is 3. The van der Waals surface area contributed by atoms with Crippen molar-refractivity contribution in [2.75, 3.05) is 11.9 Å². The van der Waals surface area contributed by atoms with E-state index in [4.69, 9.17) is 11.6 Å². The highest BCUT2D eigenvalue weighted by atomic mass is 35.5. The lowest BCUT2D eigenvalue weighted by Crippen LogP contribution is -2.08. The van der Waals surface area contributed by atoms with E-state index in [0.29, 0.717) is 10.8 Å². The molecule has 0 bridgehead atoms. The van der Waals surface area contributed by atoms with Crippen molar-refractivity contribution in [2.24, 2.45) is 0 Å². The minimum absolute atomic E-state index is 0.636. The standard InChI is InChI=1S/C17H15ClN6/c18-12-3-1-2-11(8-12)15-23-16(14-5-7-21-17(14)24-15)20-6-4-13-9-19-10-22-13/h1-3,5,7-10H,4,6H2,(H,19,22)(H2,20,21,23,24). The minimum Gasteiger partial charge on any atom is -0.369 e. The van der Waals surface area contributed by atoms with Crippen LogP contribution < -0.4 is 5.32 Å². The molecule has 0 amide bonds. The topological polar surface area (TPSA) is 82.3 Å². The molecule has 0 aliphatic rings. The summed E-state index contributed by atoms with van der Waals surface area (Å²) in [5, 5.41) is 5.01. The van der Waals surface area contributed by atoms with Crippen molar-refractivity contribution in [1.82, 2.24) is 24.9 Å². The molecule has 0 saturated heterocycles. The molecular weight excluding hydrogens is 324 g/mol. The Morgan fingerprint density at radius 1 is 1.12 bits per heavy atom. The van der Waals surface area contributed by atoms with Crippen LogP contribution in [0.15, 0.2) is 49.1 Å². The highest BCUT2D eigenvalue weighted by molar-refractivity contribution is 6.30. The van der Waals surface area contributed by atoms with Crippen molar-refractivity contribution < 1.29 is 0 Å². The lowest BCUT2D eigenvalue weighted by Gasteiger charge is -2.09. The molecule has 3 heterocycles. The molecule has 0 spiro atoms. The molecule has 4 aromatic rings. The van der Waals surface area contributed by atoms with Crippen LogP contribution in [0.3, 0.4) is 0 Å². The molecule has 0 atom stereocenters. The summed E-state index contributed by atoms with van der Waals surface area (Å²) in [5.41, 5.74) is 2.76. The van der Waals surface area contributed by atoms with E-state index >= 15 is 0 Å². The molecule has 4 rings (SSSR count). The van der Waals surface area contributed by atoms with Crippen molar-refractivity contribution in [3.63, 3.8) is 0 Å². The van der Waals surface area contributed by atoms with Gasteiger partial charge in [-0.3, -0.25) is 0 Å². The average Bonchev–Trinajstić information content (AvgIpc) is 3.26. The maximum absolute atomic E-state index is 6.08. The van der Waals surface area contributed by atoms with E-state index < -0.39 is 0 Å². The quantitative estimate of drug-likeness (QED) is 0.518. The summed E-state index contributed by atoms with van der Waals surface area (Å²) in [4.78, 5) is 19.5. The van der Waals surface area contributed by atoms with Gasteiger partial charge in [0.1, 0.15) is 11.5 Å². The van der Waals surface area contributed by atoms with Gasteiger partial charge in [-0.1, -0.05) is 23.7 Å². The first kappa shape index (κ1) is 14.7. The zero-order chi connectivity index (χ0) is 16.4. The number of rotatable bonds is 5. The van der Waals surface area contributed by atoms with Gasteiger partial charge in [-0.05, 0) is 18.2 Å². The fraction of sp³-hybridized carbons (Fsp3) is 0.118. The van der Waals surface area contributed by atoms with Gasteiger partial charge in [0.25, 0.3) is 0 Å². The summed E-state index contributed by atoms with van der Waals surface area (Å²) in [5.74, 6) is 1.44. The first-order valence-electron chi connectivity index (χ1n) is 7.62. The van der Waals surface area contributed by atoms with Gasteiger partial charge in [-0.2, -0.15) is 0 Å². The summed E-state index contributed by atoms with van der Waals surface area (Å²) < 4.78 is 0. The zero-order valence-corrected chi connectivity index (χ0v) is 13.5. The number of anilines is 1. The number of fused-ring (bicyclic) bond motifs is 1. The predicted octanol–water partition coefficient (Wildman–Crippen LogP) is 3.66. The second-order valence-corrected chi connectivity index (χ2v) is 5.84. The summed E-state index contributed by atoms with van der Waals surface area (Å²) in [6, 6.07) is 9.51. The number of H-pyrrole nitrogens is 2. The second-order valence-electron chi connectivity index (χ2n) is 5.40. The van der Waals surface area contributed by atoms with Crippen LogP contribution in [0.5, 0.6) is 0 Å². The molecule has 0 radical (unpaired) electrons. The maximum atomic E-state index is 6.08. The van der Waals surface area contributed by atoms with Gasteiger partial charge in [0, 0.05) is 41.6 Å². The minimum atomic E-state index is 0.636. The van der Waals surface area contributed by atoms with Gasteiger partial charge < -0.3 is 15.3 Å². The zero-order valence-electron chi connectivity index (χ0n) is 12.8. The number of nitrogens with one attached hydrogen (secondary N) is 3. The first-order valence-corrected chi connectivity index (χ1v) is 7.99. The van der Waals surface area contributed by atoms with Crippen LogP contribution in [0.4, 0.5) is 5.82 Å². The van der Waals surface area contributed by atoms with E-state index in [1.807, 2.05) is 42.7 Å². The first-order chi connectivity index (χ1) is 11.8. The number of nitrogens with zero attached hydrogens (tertiary/aromatic N) is 3. The van der Waals surface area contributed by atoms with E-state index in [0.717, 1.165) is 41.1 Å². The summed E-state index contributed by atoms with van der Waals surface area (Å²) >= 11 is 6.08. The largest absolute Gasteiger partial charge is 0.369 e. The molecule has 0 aliphatic carbocycles. The van der Waals surface area contributed by atoms with Crippen molar-refractivity contribution in [3.8, 4) is 11.4 Å². The van der Waals surface area contributed by atoms with Crippen LogP contribution in [0, 0.1) is 0 Å². The van der Waals surface area contributed by atoms with E-state index in [9.17, 15) is 0 Å². The molecule has 120 valence electrons. The SMILES string of the molecule is Clc1cccc(-c2nc(NCCc3cnc[nH]3)c3cc[nH]c3n2)c1. The highest BCUT2D eigenvalue weighted by Gasteiger charge is 2.10. The second kappa shape index (κ2) is 6.33. The third-order valence-corrected chi connectivity index (χ3v) is 3.98. The monoisotopic (exact) mass is 338 g/mol. The molecule has 3 aromatic heterocycles. The highest BCUT2D eigenvalue weighted by Crippen LogP contribution is 2.25. The maximum Gasteiger partial charge on any atom is 0.163 e. The number of aromatic amines is 2. The van der Waals surface area contributed by atoms with Gasteiger partial charge in [0.15, 0.2) is 5.82 Å². The van der Waals surface area contributed by atoms with Crippen LogP contribution in [-0.4, -0.2) is 31.5 Å². The smallest absolute Gasteiger partial charge is 0.163 e. The van der Waals surface area contributed by atoms with Crippen molar-refractivity contribution >= 4 is 28.5 Å². The van der Waals surface area contributed by atoms with E-state index in [1.54, 1.807) is 6.33 Å². The molecule has 7 heteroatoms. The molecule has 0 saturated carbocycles. The third kappa shape index (κ3) is 2.96. The van der Waals surface area contributed by atoms with Crippen molar-refractivity contribution in [3.05, 3.63) is 59.8 Å². The average molecular weight is 339 g/mol. The van der Waals surface area contributed by atoms with Crippen LogP contribution in [0.2, 0.25) is 5.02 Å². The Hall–Kier alpha value is -2.86. The molecule has 24 heavy (non-hydrogen) atoms. The van der Waals surface area contributed by atoms with Gasteiger partial charge in [0.2, 0.25) is 0 Å². The summed E-state index contributed by atoms with van der Waals surface area (Å²) in [6.07, 6.45) is 6.20. The van der Waals surface area contributed by atoms with Gasteiger partial charge in [0.05, 0.1) is 11.7 Å². The molecule has 0 aliphatic heterocycles. The number of hydrogen-bond acceptors (Lipinski definition) is 4. The van der Waals surface area contributed by atoms with Crippen LogP contribution in [0.25, 0.3) is 22.4 Å². The van der Waals surface area contributed by atoms with Crippen LogP contribution in [0.1, 0.15) is 5.69 Å². The number of benzene rings is 1. The van der Waals surface area contributed by atoms with Gasteiger partial charge in [-0.15, -0.1) is 0 Å². The molecular formula is C17H15ClN6. The third-order valence-electron chi connectivity index (χ3n) is 3.74. The Kier molecular flexibility index (Phi) is 3.88.